The molecule has 0 heterocycles. The summed E-state index contributed by atoms with van der Waals surface area (Å²) in [4.78, 5) is 11.8. The highest BCUT2D eigenvalue weighted by atomic mass is 79.9. The number of anilines is 1. The molecule has 21 heavy (non-hydrogen) atoms. The number of nitrogens with one attached hydrogen (secondary N) is 1. The van der Waals surface area contributed by atoms with Gasteiger partial charge in [-0.15, -0.1) is 0 Å². The maximum atomic E-state index is 11.8. The largest absolute Gasteiger partial charge is 0.484 e. The average Bonchev–Trinajstić information content (AvgIpc) is 2.48. The smallest absolute Gasteiger partial charge is 0.262 e. The molecule has 0 aliphatic carbocycles. The van der Waals surface area contributed by atoms with Crippen LogP contribution in [0.2, 0.25) is 0 Å². The maximum Gasteiger partial charge on any atom is 0.262 e. The first kappa shape index (κ1) is 15.1. The predicted octanol–water partition coefficient (Wildman–Crippen LogP) is 3.65. The summed E-state index contributed by atoms with van der Waals surface area (Å²) < 4.78 is 6.19. The van der Waals surface area contributed by atoms with Crippen LogP contribution < -0.4 is 10.1 Å². The molecule has 1 N–H and O–H groups in total. The van der Waals surface area contributed by atoms with Crippen molar-refractivity contribution in [3.8, 4) is 11.8 Å². The van der Waals surface area contributed by atoms with Gasteiger partial charge in [-0.25, -0.2) is 0 Å². The zero-order valence-corrected chi connectivity index (χ0v) is 13.0. The van der Waals surface area contributed by atoms with Crippen LogP contribution in [0.4, 0.5) is 5.69 Å². The number of benzene rings is 2. The fraction of sp³-hybridized carbons (Fsp3) is 0.125. The lowest BCUT2D eigenvalue weighted by atomic mass is 10.2. The Morgan fingerprint density at radius 1 is 1.29 bits per heavy atom. The Morgan fingerprint density at radius 3 is 2.62 bits per heavy atom. The van der Waals surface area contributed by atoms with E-state index < -0.39 is 0 Å². The van der Waals surface area contributed by atoms with Crippen LogP contribution in [0, 0.1) is 18.3 Å². The molecule has 2 rings (SSSR count). The lowest BCUT2D eigenvalue weighted by Crippen LogP contribution is -2.20. The van der Waals surface area contributed by atoms with Gasteiger partial charge >= 0.3 is 0 Å². The van der Waals surface area contributed by atoms with E-state index in [9.17, 15) is 4.79 Å². The number of halogens is 1. The number of nitrogens with zero attached hydrogens (tertiary/aromatic N) is 1. The highest BCUT2D eigenvalue weighted by Crippen LogP contribution is 2.23. The van der Waals surface area contributed by atoms with Gasteiger partial charge in [0.15, 0.2) is 6.61 Å². The van der Waals surface area contributed by atoms with Crippen LogP contribution >= 0.6 is 15.9 Å². The van der Waals surface area contributed by atoms with Gasteiger partial charge in [-0.3, -0.25) is 4.79 Å². The lowest BCUT2D eigenvalue weighted by Gasteiger charge is -2.09. The number of hydrogen-bond acceptors (Lipinski definition) is 3. The van der Waals surface area contributed by atoms with E-state index >= 15 is 0 Å². The van der Waals surface area contributed by atoms with Crippen molar-refractivity contribution in [2.45, 2.75) is 6.92 Å². The summed E-state index contributed by atoms with van der Waals surface area (Å²) >= 11 is 3.40. The molecule has 1 amide bonds. The van der Waals surface area contributed by atoms with Gasteiger partial charge in [0.25, 0.3) is 5.91 Å². The van der Waals surface area contributed by atoms with Crippen molar-refractivity contribution < 1.29 is 9.53 Å². The van der Waals surface area contributed by atoms with Gasteiger partial charge in [0.05, 0.1) is 17.3 Å². The van der Waals surface area contributed by atoms with E-state index in [-0.39, 0.29) is 12.5 Å². The third-order valence-corrected chi connectivity index (χ3v) is 3.41. The molecule has 0 spiro atoms. The second-order valence-electron chi connectivity index (χ2n) is 4.46. The molecule has 0 saturated carbocycles. The van der Waals surface area contributed by atoms with Crippen LogP contribution in [-0.2, 0) is 4.79 Å². The van der Waals surface area contributed by atoms with Crippen molar-refractivity contribution in [2.24, 2.45) is 0 Å². The number of carbonyl (C=O) groups excluding carboxylic acids is 1. The maximum absolute atomic E-state index is 11.8. The van der Waals surface area contributed by atoms with Gasteiger partial charge in [-0.05, 0) is 64.8 Å². The second kappa shape index (κ2) is 6.91. The molecule has 0 atom stereocenters. The predicted molar refractivity (Wildman–Crippen MR) is 84.2 cm³/mol. The van der Waals surface area contributed by atoms with Crippen molar-refractivity contribution in [1.82, 2.24) is 0 Å². The molecule has 0 bridgehead atoms. The lowest BCUT2D eigenvalue weighted by molar-refractivity contribution is -0.118. The number of carbonyl (C=O) groups is 1. The highest BCUT2D eigenvalue weighted by molar-refractivity contribution is 9.10. The van der Waals surface area contributed by atoms with Crippen LogP contribution in [-0.4, -0.2) is 12.5 Å². The summed E-state index contributed by atoms with van der Waals surface area (Å²) in [5, 5.41) is 11.5. The Kier molecular flexibility index (Phi) is 4.96. The van der Waals surface area contributed by atoms with Crippen molar-refractivity contribution in [3.05, 3.63) is 58.1 Å². The topological polar surface area (TPSA) is 62.1 Å². The van der Waals surface area contributed by atoms with E-state index in [4.69, 9.17) is 10.00 Å². The molecule has 0 saturated heterocycles. The molecule has 2 aromatic rings. The molecule has 0 fully saturated rings. The average molecular weight is 345 g/mol. The van der Waals surface area contributed by atoms with Gasteiger partial charge in [0, 0.05) is 4.47 Å². The number of hydrogen-bond donors (Lipinski definition) is 1. The number of aryl methyl sites for hydroxylation is 1. The first-order chi connectivity index (χ1) is 10.1. The Hall–Kier alpha value is -2.32. The van der Waals surface area contributed by atoms with Gasteiger partial charge in [-0.1, -0.05) is 6.07 Å². The zero-order valence-electron chi connectivity index (χ0n) is 11.4. The SMILES string of the molecule is Cc1ccc(NC(=O)COc2ccc(C#N)cc2)c(Br)c1. The summed E-state index contributed by atoms with van der Waals surface area (Å²) in [5.74, 6) is 0.302. The van der Waals surface area contributed by atoms with Crippen LogP contribution in [0.1, 0.15) is 11.1 Å². The van der Waals surface area contributed by atoms with Crippen molar-refractivity contribution >= 4 is 27.5 Å². The van der Waals surface area contributed by atoms with Crippen molar-refractivity contribution in [2.75, 3.05) is 11.9 Å². The molecule has 4 nitrogen and oxygen atoms in total. The molecule has 0 aromatic heterocycles. The fourth-order valence-electron chi connectivity index (χ4n) is 1.68. The Bertz CT molecular complexity index is 690. The van der Waals surface area contributed by atoms with E-state index in [1.54, 1.807) is 24.3 Å². The first-order valence-corrected chi connectivity index (χ1v) is 7.07. The summed E-state index contributed by atoms with van der Waals surface area (Å²) in [5.41, 5.74) is 2.36. The van der Waals surface area contributed by atoms with E-state index in [1.807, 2.05) is 31.2 Å². The number of amides is 1. The molecule has 0 unspecified atom stereocenters. The molecule has 0 aliphatic heterocycles. The van der Waals surface area contributed by atoms with E-state index in [0.717, 1.165) is 10.0 Å². The minimum absolute atomic E-state index is 0.0911. The minimum atomic E-state index is -0.246. The number of rotatable bonds is 4. The van der Waals surface area contributed by atoms with Gasteiger partial charge in [-0.2, -0.15) is 5.26 Å². The molecule has 2 aromatic carbocycles. The summed E-state index contributed by atoms with van der Waals surface area (Å²) in [7, 11) is 0. The van der Waals surface area contributed by atoms with Crippen molar-refractivity contribution in [1.29, 1.82) is 5.26 Å². The molecule has 0 radical (unpaired) electrons. The summed E-state index contributed by atoms with van der Waals surface area (Å²) in [6.45, 7) is 1.89. The number of nitriles is 1. The van der Waals surface area contributed by atoms with Gasteiger partial charge < -0.3 is 10.1 Å². The van der Waals surface area contributed by atoms with Crippen LogP contribution in [0.15, 0.2) is 46.9 Å². The third-order valence-electron chi connectivity index (χ3n) is 2.75. The summed E-state index contributed by atoms with van der Waals surface area (Å²) in [6.07, 6.45) is 0. The van der Waals surface area contributed by atoms with Crippen LogP contribution in [0.3, 0.4) is 0 Å². The molecule has 5 heteroatoms. The monoisotopic (exact) mass is 344 g/mol. The third kappa shape index (κ3) is 4.33. The zero-order chi connectivity index (χ0) is 15.2. The summed E-state index contributed by atoms with van der Waals surface area (Å²) in [6, 6.07) is 14.3. The van der Waals surface area contributed by atoms with E-state index in [0.29, 0.717) is 17.0 Å². The first-order valence-electron chi connectivity index (χ1n) is 6.27. The fourth-order valence-corrected chi connectivity index (χ4v) is 2.27. The highest BCUT2D eigenvalue weighted by Gasteiger charge is 2.06. The molecule has 0 aliphatic rings. The Morgan fingerprint density at radius 2 is 2.00 bits per heavy atom. The second-order valence-corrected chi connectivity index (χ2v) is 5.31. The molecule has 106 valence electrons. The van der Waals surface area contributed by atoms with E-state index in [1.165, 1.54) is 0 Å². The minimum Gasteiger partial charge on any atom is -0.484 e. The Balaban J connectivity index is 1.91. The quantitative estimate of drug-likeness (QED) is 0.920. The van der Waals surface area contributed by atoms with Gasteiger partial charge in [0.2, 0.25) is 0 Å². The van der Waals surface area contributed by atoms with Crippen molar-refractivity contribution in [3.63, 3.8) is 0 Å². The van der Waals surface area contributed by atoms with Crippen LogP contribution in [0.25, 0.3) is 0 Å². The molecular weight excluding hydrogens is 332 g/mol. The van der Waals surface area contributed by atoms with E-state index in [2.05, 4.69) is 21.2 Å². The standard InChI is InChI=1S/C16H13BrN2O2/c1-11-2-7-15(14(17)8-11)19-16(20)10-21-13-5-3-12(9-18)4-6-13/h2-8H,10H2,1H3,(H,19,20). The van der Waals surface area contributed by atoms with Gasteiger partial charge in [0.1, 0.15) is 5.75 Å². The normalized spacial score (nSPS) is 9.76. The molecular formula is C16H13BrN2O2. The van der Waals surface area contributed by atoms with Crippen LogP contribution in [0.5, 0.6) is 5.75 Å². The Labute approximate surface area is 131 Å². The number of ether oxygens (including phenoxy) is 1.